The van der Waals surface area contributed by atoms with Gasteiger partial charge in [-0.1, -0.05) is 35.9 Å². The maximum Gasteiger partial charge on any atom is 0.251 e. The lowest BCUT2D eigenvalue weighted by molar-refractivity contribution is 0.0948. The van der Waals surface area contributed by atoms with Gasteiger partial charge in [-0.05, 0) is 60.2 Å². The molecule has 1 amide bonds. The smallest absolute Gasteiger partial charge is 0.251 e. The molecule has 4 nitrogen and oxygen atoms in total. The number of carbonyl (C=O) groups excluding carboxylic acids is 1. The molecular formula is C23H25ClN2O2. The predicted molar refractivity (Wildman–Crippen MR) is 113 cm³/mol. The number of anilines is 1. The molecule has 4 rings (SSSR count). The van der Waals surface area contributed by atoms with Crippen molar-refractivity contribution in [2.24, 2.45) is 5.92 Å². The third-order valence-electron chi connectivity index (χ3n) is 5.66. The lowest BCUT2D eigenvalue weighted by Crippen LogP contribution is -2.30. The summed E-state index contributed by atoms with van der Waals surface area (Å²) in [6, 6.07) is 14.3. The van der Waals surface area contributed by atoms with Gasteiger partial charge in [0.1, 0.15) is 0 Å². The molecule has 146 valence electrons. The van der Waals surface area contributed by atoms with Crippen molar-refractivity contribution < 1.29 is 9.53 Å². The van der Waals surface area contributed by atoms with Gasteiger partial charge >= 0.3 is 0 Å². The summed E-state index contributed by atoms with van der Waals surface area (Å²) < 4.78 is 5.03. The molecule has 1 heterocycles. The molecule has 0 spiro atoms. The normalized spacial score (nSPS) is 22.3. The van der Waals surface area contributed by atoms with Crippen LogP contribution in [0.5, 0.6) is 0 Å². The van der Waals surface area contributed by atoms with Crippen LogP contribution in [0.1, 0.15) is 46.3 Å². The third kappa shape index (κ3) is 3.80. The number of fused-ring (bicyclic) bond motifs is 3. The molecule has 2 aromatic carbocycles. The highest BCUT2D eigenvalue weighted by molar-refractivity contribution is 6.30. The van der Waals surface area contributed by atoms with Crippen molar-refractivity contribution in [3.63, 3.8) is 0 Å². The van der Waals surface area contributed by atoms with E-state index in [4.69, 9.17) is 16.3 Å². The molecule has 0 saturated heterocycles. The van der Waals surface area contributed by atoms with Crippen LogP contribution in [0.2, 0.25) is 5.02 Å². The Hall–Kier alpha value is -2.30. The van der Waals surface area contributed by atoms with Gasteiger partial charge in [-0.25, -0.2) is 0 Å². The summed E-state index contributed by atoms with van der Waals surface area (Å²) in [6.45, 7) is 1.27. The van der Waals surface area contributed by atoms with E-state index in [1.165, 1.54) is 11.1 Å². The molecule has 0 radical (unpaired) electrons. The number of allylic oxidation sites excluding steroid dienone is 2. The number of hydrogen-bond donors (Lipinski definition) is 2. The van der Waals surface area contributed by atoms with Gasteiger partial charge in [0, 0.05) is 42.5 Å². The van der Waals surface area contributed by atoms with E-state index in [-0.39, 0.29) is 11.9 Å². The van der Waals surface area contributed by atoms with Gasteiger partial charge in [-0.15, -0.1) is 0 Å². The fraction of sp³-hybridized carbons (Fsp3) is 0.348. The fourth-order valence-corrected chi connectivity index (χ4v) is 4.38. The van der Waals surface area contributed by atoms with Crippen LogP contribution in [0.4, 0.5) is 5.69 Å². The van der Waals surface area contributed by atoms with Crippen molar-refractivity contribution in [1.82, 2.24) is 5.32 Å². The van der Waals surface area contributed by atoms with Gasteiger partial charge in [0.15, 0.2) is 0 Å². The van der Waals surface area contributed by atoms with E-state index in [2.05, 4.69) is 34.9 Å². The Labute approximate surface area is 170 Å². The Morgan fingerprint density at radius 2 is 2.07 bits per heavy atom. The molecule has 1 aliphatic carbocycles. The van der Waals surface area contributed by atoms with E-state index >= 15 is 0 Å². The molecule has 1 aliphatic heterocycles. The second-order valence-corrected chi connectivity index (χ2v) is 7.87. The molecule has 5 heteroatoms. The minimum atomic E-state index is -0.0303. The highest BCUT2D eigenvalue weighted by Crippen LogP contribution is 2.49. The maximum absolute atomic E-state index is 12.5. The first-order valence-corrected chi connectivity index (χ1v) is 10.1. The van der Waals surface area contributed by atoms with E-state index in [1.807, 2.05) is 30.3 Å². The first-order chi connectivity index (χ1) is 13.7. The van der Waals surface area contributed by atoms with Crippen LogP contribution in [0.25, 0.3) is 0 Å². The zero-order chi connectivity index (χ0) is 19.5. The summed E-state index contributed by atoms with van der Waals surface area (Å²) in [5.74, 6) is 0.726. The maximum atomic E-state index is 12.5. The number of amides is 1. The van der Waals surface area contributed by atoms with E-state index < -0.39 is 0 Å². The fourth-order valence-electron chi connectivity index (χ4n) is 4.26. The van der Waals surface area contributed by atoms with E-state index in [0.29, 0.717) is 30.6 Å². The largest absolute Gasteiger partial charge is 0.385 e. The predicted octanol–water partition coefficient (Wildman–Crippen LogP) is 4.93. The number of rotatable bonds is 6. The lowest BCUT2D eigenvalue weighted by Gasteiger charge is -2.37. The number of ether oxygens (including phenoxy) is 1. The number of methoxy groups -OCH3 is 1. The van der Waals surface area contributed by atoms with Crippen molar-refractivity contribution in [2.45, 2.75) is 24.8 Å². The average molecular weight is 397 g/mol. The Balaban J connectivity index is 1.56. The molecule has 0 bridgehead atoms. The lowest BCUT2D eigenvalue weighted by atomic mass is 9.76. The van der Waals surface area contributed by atoms with Gasteiger partial charge < -0.3 is 15.4 Å². The van der Waals surface area contributed by atoms with E-state index in [0.717, 1.165) is 23.6 Å². The van der Waals surface area contributed by atoms with Gasteiger partial charge in [0.05, 0.1) is 6.04 Å². The molecule has 0 saturated carbocycles. The van der Waals surface area contributed by atoms with Crippen LogP contribution in [-0.4, -0.2) is 26.2 Å². The molecule has 28 heavy (non-hydrogen) atoms. The summed E-state index contributed by atoms with van der Waals surface area (Å²) in [6.07, 6.45) is 6.38. The van der Waals surface area contributed by atoms with Crippen LogP contribution in [0, 0.1) is 5.92 Å². The molecule has 2 aromatic rings. The molecule has 2 N–H and O–H groups in total. The molecule has 0 unspecified atom stereocenters. The summed E-state index contributed by atoms with van der Waals surface area (Å²) in [4.78, 5) is 12.5. The number of carbonyl (C=O) groups is 1. The van der Waals surface area contributed by atoms with Gasteiger partial charge in [0.25, 0.3) is 5.91 Å². The van der Waals surface area contributed by atoms with Crippen LogP contribution in [0.3, 0.4) is 0 Å². The van der Waals surface area contributed by atoms with Crippen molar-refractivity contribution in [3.8, 4) is 0 Å². The number of nitrogens with one attached hydrogen (secondary N) is 2. The zero-order valence-corrected chi connectivity index (χ0v) is 16.7. The van der Waals surface area contributed by atoms with Crippen LogP contribution in [-0.2, 0) is 4.74 Å². The monoisotopic (exact) mass is 396 g/mol. The third-order valence-corrected chi connectivity index (χ3v) is 5.92. The van der Waals surface area contributed by atoms with Crippen LogP contribution in [0.15, 0.2) is 54.6 Å². The summed E-state index contributed by atoms with van der Waals surface area (Å²) in [5, 5.41) is 7.42. The van der Waals surface area contributed by atoms with E-state index in [1.54, 1.807) is 7.11 Å². The molecule has 3 atom stereocenters. The van der Waals surface area contributed by atoms with Crippen molar-refractivity contribution >= 4 is 23.2 Å². The van der Waals surface area contributed by atoms with Crippen LogP contribution >= 0.6 is 11.6 Å². The highest BCUT2D eigenvalue weighted by Gasteiger charge is 2.38. The Bertz CT molecular complexity index is 879. The molecule has 2 aliphatic rings. The minimum absolute atomic E-state index is 0.0303. The van der Waals surface area contributed by atoms with Crippen molar-refractivity contribution in [2.75, 3.05) is 25.6 Å². The Kier molecular flexibility index (Phi) is 5.69. The first-order valence-electron chi connectivity index (χ1n) is 9.77. The van der Waals surface area contributed by atoms with Crippen molar-refractivity contribution in [3.05, 3.63) is 76.3 Å². The Morgan fingerprint density at radius 3 is 2.86 bits per heavy atom. The van der Waals surface area contributed by atoms with Gasteiger partial charge in [0.2, 0.25) is 0 Å². The first kappa shape index (κ1) is 19.0. The highest BCUT2D eigenvalue weighted by atomic mass is 35.5. The SMILES string of the molecule is COCCCNC(=O)c1ccc2c(c1)[C@@H]1C=CC[C@@H]1[C@H](c1ccc(Cl)cc1)N2. The summed E-state index contributed by atoms with van der Waals surface area (Å²) in [7, 11) is 1.67. The second-order valence-electron chi connectivity index (χ2n) is 7.43. The number of benzene rings is 2. The van der Waals surface area contributed by atoms with Gasteiger partial charge in [-0.2, -0.15) is 0 Å². The molecular weight excluding hydrogens is 372 g/mol. The quantitative estimate of drug-likeness (QED) is 0.537. The standard InChI is InChI=1S/C23H25ClN2O2/c1-28-13-3-12-25-23(27)16-8-11-21-20(14-16)18-4-2-5-19(18)22(26-21)15-6-9-17(24)10-7-15/h2,4,6-11,14,18-19,22,26H,3,5,12-13H2,1H3,(H,25,27)/t18-,19+,22+/m1/s1. The number of halogens is 1. The van der Waals surface area contributed by atoms with Crippen LogP contribution < -0.4 is 10.6 Å². The van der Waals surface area contributed by atoms with Gasteiger partial charge in [-0.3, -0.25) is 4.79 Å². The topological polar surface area (TPSA) is 50.4 Å². The number of hydrogen-bond acceptors (Lipinski definition) is 3. The zero-order valence-electron chi connectivity index (χ0n) is 16.0. The summed E-state index contributed by atoms with van der Waals surface area (Å²) in [5.41, 5.74) is 4.26. The molecule has 0 fully saturated rings. The van der Waals surface area contributed by atoms with Crippen molar-refractivity contribution in [1.29, 1.82) is 0 Å². The average Bonchev–Trinajstić information content (AvgIpc) is 3.21. The van der Waals surface area contributed by atoms with E-state index in [9.17, 15) is 4.79 Å². The summed E-state index contributed by atoms with van der Waals surface area (Å²) >= 11 is 6.07. The second kappa shape index (κ2) is 8.38. The molecule has 0 aromatic heterocycles. The Morgan fingerprint density at radius 1 is 1.25 bits per heavy atom. The minimum Gasteiger partial charge on any atom is -0.385 e.